The molecule has 3 rings (SSSR count). The lowest BCUT2D eigenvalue weighted by Gasteiger charge is -2.08. The zero-order valence-electron chi connectivity index (χ0n) is 17.4. The molecule has 7 nitrogen and oxygen atoms in total. The standard InChI is InChI=1S/C22H23NO6S2/c1-14(2)11-15-12-30-21(19(15)22(25)28-3)23-20(24)18-10-9-16(29-18)13-31(26,27)17-7-5-4-6-8-17/h4-10,12,14H,11,13H2,1-3H3,(H,23,24). The fourth-order valence-corrected chi connectivity index (χ4v) is 5.27. The molecule has 0 aliphatic rings. The van der Waals surface area contributed by atoms with E-state index in [0.717, 1.165) is 5.56 Å². The van der Waals surface area contributed by atoms with Crippen molar-refractivity contribution in [2.24, 2.45) is 5.92 Å². The average Bonchev–Trinajstić information content (AvgIpc) is 3.34. The van der Waals surface area contributed by atoms with Crippen molar-refractivity contribution in [3.63, 3.8) is 0 Å². The number of nitrogens with one attached hydrogen (secondary N) is 1. The number of amides is 1. The maximum absolute atomic E-state index is 12.7. The lowest BCUT2D eigenvalue weighted by atomic mass is 10.0. The van der Waals surface area contributed by atoms with Crippen molar-refractivity contribution in [2.75, 3.05) is 12.4 Å². The zero-order chi connectivity index (χ0) is 22.6. The summed E-state index contributed by atoms with van der Waals surface area (Å²) in [6.07, 6.45) is 0.666. The Labute approximate surface area is 185 Å². The second-order valence-corrected chi connectivity index (χ2v) is 10.2. The monoisotopic (exact) mass is 461 g/mol. The molecule has 0 aliphatic carbocycles. The molecule has 0 saturated carbocycles. The first-order chi connectivity index (χ1) is 14.7. The van der Waals surface area contributed by atoms with Gasteiger partial charge < -0.3 is 14.5 Å². The molecule has 0 unspecified atom stereocenters. The molecule has 164 valence electrons. The van der Waals surface area contributed by atoms with Gasteiger partial charge >= 0.3 is 5.97 Å². The molecule has 31 heavy (non-hydrogen) atoms. The van der Waals surface area contributed by atoms with Crippen molar-refractivity contribution < 1.29 is 27.2 Å². The number of esters is 1. The summed E-state index contributed by atoms with van der Waals surface area (Å²) >= 11 is 1.23. The van der Waals surface area contributed by atoms with Gasteiger partial charge in [-0.25, -0.2) is 13.2 Å². The lowest BCUT2D eigenvalue weighted by molar-refractivity contribution is 0.0601. The molecular weight excluding hydrogens is 438 g/mol. The second kappa shape index (κ2) is 9.49. The van der Waals surface area contributed by atoms with Gasteiger partial charge in [0.1, 0.15) is 16.5 Å². The Bertz CT molecular complexity index is 1180. The molecule has 0 radical (unpaired) electrons. The third-order valence-corrected chi connectivity index (χ3v) is 7.03. The summed E-state index contributed by atoms with van der Waals surface area (Å²) in [5.41, 5.74) is 1.13. The molecule has 2 heterocycles. The van der Waals surface area contributed by atoms with Crippen molar-refractivity contribution in [3.8, 4) is 0 Å². The highest BCUT2D eigenvalue weighted by Gasteiger charge is 2.24. The van der Waals surface area contributed by atoms with Crippen LogP contribution in [0.5, 0.6) is 0 Å². The Hall–Kier alpha value is -2.91. The van der Waals surface area contributed by atoms with Crippen LogP contribution in [0.3, 0.4) is 0 Å². The molecule has 0 fully saturated rings. The molecule has 0 bridgehead atoms. The maximum atomic E-state index is 12.7. The molecular formula is C22H23NO6S2. The molecule has 9 heteroatoms. The number of ether oxygens (including phenoxy) is 1. The summed E-state index contributed by atoms with van der Waals surface area (Å²) in [7, 11) is -2.31. The van der Waals surface area contributed by atoms with E-state index in [1.807, 2.05) is 19.2 Å². The van der Waals surface area contributed by atoms with Crippen molar-refractivity contribution in [1.29, 1.82) is 0 Å². The maximum Gasteiger partial charge on any atom is 0.341 e. The minimum Gasteiger partial charge on any atom is -0.465 e. The van der Waals surface area contributed by atoms with Gasteiger partial charge in [0.25, 0.3) is 5.91 Å². The summed E-state index contributed by atoms with van der Waals surface area (Å²) < 4.78 is 35.4. The summed E-state index contributed by atoms with van der Waals surface area (Å²) in [6.45, 7) is 4.07. The first kappa shape index (κ1) is 22.8. The number of rotatable bonds is 8. The van der Waals surface area contributed by atoms with E-state index in [4.69, 9.17) is 9.15 Å². The topological polar surface area (TPSA) is 103 Å². The van der Waals surface area contributed by atoms with E-state index in [0.29, 0.717) is 22.9 Å². The van der Waals surface area contributed by atoms with E-state index in [1.54, 1.807) is 18.2 Å². The van der Waals surface area contributed by atoms with Crippen LogP contribution in [0.4, 0.5) is 5.00 Å². The van der Waals surface area contributed by atoms with Gasteiger partial charge in [-0.2, -0.15) is 0 Å². The minimum absolute atomic E-state index is 0.0483. The van der Waals surface area contributed by atoms with Crippen LogP contribution in [-0.4, -0.2) is 27.4 Å². The van der Waals surface area contributed by atoms with E-state index >= 15 is 0 Å². The third-order valence-electron chi connectivity index (χ3n) is 4.43. The molecule has 2 aromatic heterocycles. The molecule has 0 aliphatic heterocycles. The van der Waals surface area contributed by atoms with Crippen LogP contribution >= 0.6 is 11.3 Å². The van der Waals surface area contributed by atoms with Gasteiger partial charge in [-0.3, -0.25) is 4.79 Å². The highest BCUT2D eigenvalue weighted by Crippen LogP contribution is 2.31. The fraction of sp³-hybridized carbons (Fsp3) is 0.273. The molecule has 0 spiro atoms. The van der Waals surface area contributed by atoms with E-state index in [2.05, 4.69) is 5.32 Å². The molecule has 3 aromatic rings. The largest absolute Gasteiger partial charge is 0.465 e. The van der Waals surface area contributed by atoms with Gasteiger partial charge in [0.15, 0.2) is 15.6 Å². The predicted octanol–water partition coefficient (Wildman–Crippen LogP) is 4.55. The number of hydrogen-bond donors (Lipinski definition) is 1. The highest BCUT2D eigenvalue weighted by atomic mass is 32.2. The number of carbonyl (C=O) groups excluding carboxylic acids is 2. The molecule has 0 saturated heterocycles. The molecule has 1 amide bonds. The minimum atomic E-state index is -3.60. The van der Waals surface area contributed by atoms with Crippen LogP contribution in [0, 0.1) is 5.92 Å². The van der Waals surface area contributed by atoms with Gasteiger partial charge in [-0.1, -0.05) is 32.0 Å². The van der Waals surface area contributed by atoms with Crippen LogP contribution in [0.1, 0.15) is 46.1 Å². The zero-order valence-corrected chi connectivity index (χ0v) is 19.0. The fourth-order valence-electron chi connectivity index (χ4n) is 3.04. The Balaban J connectivity index is 1.78. The van der Waals surface area contributed by atoms with Crippen molar-refractivity contribution >= 4 is 38.1 Å². The third kappa shape index (κ3) is 5.42. The van der Waals surface area contributed by atoms with Crippen LogP contribution in [0.2, 0.25) is 0 Å². The van der Waals surface area contributed by atoms with Crippen molar-refractivity contribution in [2.45, 2.75) is 30.9 Å². The molecule has 1 aromatic carbocycles. The number of sulfone groups is 1. The average molecular weight is 462 g/mol. The number of carbonyl (C=O) groups is 2. The highest BCUT2D eigenvalue weighted by molar-refractivity contribution is 7.90. The van der Waals surface area contributed by atoms with Crippen molar-refractivity contribution in [1.82, 2.24) is 0 Å². The van der Waals surface area contributed by atoms with Gasteiger partial charge in [0.05, 0.1) is 17.6 Å². The van der Waals surface area contributed by atoms with Crippen LogP contribution in [0.25, 0.3) is 0 Å². The predicted molar refractivity (Wildman–Crippen MR) is 118 cm³/mol. The Kier molecular flexibility index (Phi) is 6.97. The molecule has 0 atom stereocenters. The summed E-state index contributed by atoms with van der Waals surface area (Å²) in [5.74, 6) is -1.05. The van der Waals surface area contributed by atoms with Gasteiger partial charge in [-0.15, -0.1) is 11.3 Å². The Morgan fingerprint density at radius 3 is 2.48 bits per heavy atom. The number of benzene rings is 1. The van der Waals surface area contributed by atoms with Crippen molar-refractivity contribution in [3.05, 3.63) is 70.5 Å². The van der Waals surface area contributed by atoms with Gasteiger partial charge in [0, 0.05) is 0 Å². The summed E-state index contributed by atoms with van der Waals surface area (Å²) in [4.78, 5) is 25.1. The van der Waals surface area contributed by atoms with E-state index in [9.17, 15) is 18.0 Å². The first-order valence-corrected chi connectivity index (χ1v) is 12.1. The van der Waals surface area contributed by atoms with Gasteiger partial charge in [0.2, 0.25) is 0 Å². The number of anilines is 1. The first-order valence-electron chi connectivity index (χ1n) is 9.57. The Morgan fingerprint density at radius 2 is 1.84 bits per heavy atom. The smallest absolute Gasteiger partial charge is 0.341 e. The number of furan rings is 1. The van der Waals surface area contributed by atoms with Gasteiger partial charge in [-0.05, 0) is 47.5 Å². The number of thiophene rings is 1. The Morgan fingerprint density at radius 1 is 1.13 bits per heavy atom. The summed E-state index contributed by atoms with van der Waals surface area (Å²) in [5, 5.41) is 4.86. The summed E-state index contributed by atoms with van der Waals surface area (Å²) in [6, 6.07) is 10.9. The normalized spacial score (nSPS) is 11.5. The van der Waals surface area contributed by atoms with E-state index < -0.39 is 21.7 Å². The van der Waals surface area contributed by atoms with E-state index in [1.165, 1.54) is 42.7 Å². The second-order valence-electron chi connectivity index (χ2n) is 7.35. The number of methoxy groups -OCH3 is 1. The SMILES string of the molecule is COC(=O)c1c(CC(C)C)csc1NC(=O)c1ccc(CS(=O)(=O)c2ccccc2)o1. The van der Waals surface area contributed by atoms with Crippen LogP contribution in [0.15, 0.2) is 57.2 Å². The number of hydrogen-bond acceptors (Lipinski definition) is 7. The van der Waals surface area contributed by atoms with Crippen LogP contribution < -0.4 is 5.32 Å². The lowest BCUT2D eigenvalue weighted by Crippen LogP contribution is -2.14. The quantitative estimate of drug-likeness (QED) is 0.494. The van der Waals surface area contributed by atoms with E-state index in [-0.39, 0.29) is 22.2 Å². The molecule has 1 N–H and O–H groups in total. The van der Waals surface area contributed by atoms with Crippen LogP contribution in [-0.2, 0) is 26.7 Å².